The summed E-state index contributed by atoms with van der Waals surface area (Å²) in [5, 5.41) is 16.1. The van der Waals surface area contributed by atoms with Crippen LogP contribution in [0.15, 0.2) is 67.5 Å². The lowest BCUT2D eigenvalue weighted by Crippen LogP contribution is -2.44. The number of piperazine rings is 1. The molecule has 32 heavy (non-hydrogen) atoms. The Morgan fingerprint density at radius 3 is 2.59 bits per heavy atom. The van der Waals surface area contributed by atoms with Crippen molar-refractivity contribution >= 4 is 39.8 Å². The van der Waals surface area contributed by atoms with Crippen LogP contribution in [0.1, 0.15) is 11.1 Å². The molecule has 0 radical (unpaired) electrons. The van der Waals surface area contributed by atoms with Crippen molar-refractivity contribution in [3.8, 4) is 0 Å². The van der Waals surface area contributed by atoms with E-state index in [1.165, 1.54) is 11.9 Å². The zero-order valence-electron chi connectivity index (χ0n) is 18.7. The molecule has 1 saturated heterocycles. The summed E-state index contributed by atoms with van der Waals surface area (Å²) in [6.07, 6.45) is 5.04. The van der Waals surface area contributed by atoms with Crippen LogP contribution in [0, 0.1) is 5.41 Å². The number of nitrogens with one attached hydrogen (secondary N) is 3. The van der Waals surface area contributed by atoms with Gasteiger partial charge in [-0.15, -0.1) is 0 Å². The van der Waals surface area contributed by atoms with E-state index in [1.54, 1.807) is 0 Å². The molecule has 6 nitrogen and oxygen atoms in total. The average molecular weight is 427 g/mol. The molecule has 2 aromatic carbocycles. The third-order valence-electron chi connectivity index (χ3n) is 5.85. The third-order valence-corrected chi connectivity index (χ3v) is 5.85. The van der Waals surface area contributed by atoms with E-state index in [1.807, 2.05) is 37.6 Å². The molecule has 1 fully saturated rings. The van der Waals surface area contributed by atoms with E-state index in [9.17, 15) is 0 Å². The van der Waals surface area contributed by atoms with Crippen LogP contribution in [0.5, 0.6) is 0 Å². The van der Waals surface area contributed by atoms with Gasteiger partial charge in [0.1, 0.15) is 5.82 Å². The number of rotatable bonds is 7. The number of benzene rings is 2. The first-order valence-corrected chi connectivity index (χ1v) is 10.9. The Balaban J connectivity index is 1.54. The number of hydrogen-bond acceptors (Lipinski definition) is 6. The average Bonchev–Trinajstić information content (AvgIpc) is 2.82. The molecule has 0 saturated carbocycles. The maximum Gasteiger partial charge on any atom is 0.130 e. The van der Waals surface area contributed by atoms with Gasteiger partial charge in [-0.3, -0.25) is 0 Å². The first-order chi connectivity index (χ1) is 15.6. The molecule has 2 heterocycles. The summed E-state index contributed by atoms with van der Waals surface area (Å²) in [5.74, 6) is 0.749. The van der Waals surface area contributed by atoms with E-state index in [0.29, 0.717) is 0 Å². The van der Waals surface area contributed by atoms with Crippen LogP contribution >= 0.6 is 0 Å². The minimum absolute atomic E-state index is 0.749. The van der Waals surface area contributed by atoms with Gasteiger partial charge in [-0.1, -0.05) is 30.8 Å². The number of pyridine rings is 1. The molecule has 164 valence electrons. The van der Waals surface area contributed by atoms with Crippen molar-refractivity contribution in [1.82, 2.24) is 15.2 Å². The zero-order valence-corrected chi connectivity index (χ0v) is 18.7. The Labute approximate surface area is 189 Å². The molecule has 6 heteroatoms. The molecular weight excluding hydrogens is 396 g/mol. The number of allylic oxidation sites excluding steroid dienone is 1. The van der Waals surface area contributed by atoms with Crippen LogP contribution < -0.4 is 15.5 Å². The second-order valence-electron chi connectivity index (χ2n) is 8.11. The number of nitrogens with zero attached hydrogens (tertiary/aromatic N) is 3. The Bertz CT molecular complexity index is 1160. The van der Waals surface area contributed by atoms with Gasteiger partial charge in [0.15, 0.2) is 0 Å². The molecule has 3 N–H and O–H groups in total. The highest BCUT2D eigenvalue weighted by Crippen LogP contribution is 2.25. The predicted octanol–water partition coefficient (Wildman–Crippen LogP) is 4.28. The van der Waals surface area contributed by atoms with Crippen molar-refractivity contribution in [3.63, 3.8) is 0 Å². The summed E-state index contributed by atoms with van der Waals surface area (Å²) in [7, 11) is 4.00. The van der Waals surface area contributed by atoms with Crippen LogP contribution in [0.25, 0.3) is 22.0 Å². The van der Waals surface area contributed by atoms with Gasteiger partial charge in [-0.2, -0.15) is 0 Å². The highest BCUT2D eigenvalue weighted by atomic mass is 15.2. The summed E-state index contributed by atoms with van der Waals surface area (Å²) < 4.78 is 0. The van der Waals surface area contributed by atoms with Gasteiger partial charge in [-0.05, 0) is 47.8 Å². The van der Waals surface area contributed by atoms with Crippen molar-refractivity contribution in [1.29, 1.82) is 5.41 Å². The molecule has 1 aromatic heterocycles. The fourth-order valence-corrected chi connectivity index (χ4v) is 3.93. The predicted molar refractivity (Wildman–Crippen MR) is 136 cm³/mol. The molecule has 1 aliphatic rings. The van der Waals surface area contributed by atoms with Crippen molar-refractivity contribution in [3.05, 3.63) is 78.6 Å². The van der Waals surface area contributed by atoms with E-state index in [0.717, 1.165) is 65.2 Å². The number of anilines is 2. The molecule has 1 aliphatic heterocycles. The Kier molecular flexibility index (Phi) is 6.52. The van der Waals surface area contributed by atoms with Gasteiger partial charge in [-0.25, -0.2) is 4.98 Å². The summed E-state index contributed by atoms with van der Waals surface area (Å²) in [6, 6.07) is 16.7. The first kappa shape index (κ1) is 21.6. The Morgan fingerprint density at radius 1 is 1.03 bits per heavy atom. The lowest BCUT2D eigenvalue weighted by atomic mass is 10.0. The summed E-state index contributed by atoms with van der Waals surface area (Å²) in [5.41, 5.74) is 4.91. The van der Waals surface area contributed by atoms with E-state index in [-0.39, 0.29) is 0 Å². The zero-order chi connectivity index (χ0) is 22.5. The van der Waals surface area contributed by atoms with Crippen LogP contribution in [-0.2, 0) is 0 Å². The Morgan fingerprint density at radius 2 is 1.84 bits per heavy atom. The molecule has 4 rings (SSSR count). The largest absolute Gasteiger partial charge is 0.393 e. The van der Waals surface area contributed by atoms with E-state index in [2.05, 4.69) is 69.4 Å². The summed E-state index contributed by atoms with van der Waals surface area (Å²) in [6.45, 7) is 8.49. The quantitative estimate of drug-likeness (QED) is 0.492. The number of hydrogen-bond donors (Lipinski definition) is 3. The van der Waals surface area contributed by atoms with Gasteiger partial charge in [0.2, 0.25) is 0 Å². The van der Waals surface area contributed by atoms with Crippen molar-refractivity contribution in [2.24, 2.45) is 0 Å². The van der Waals surface area contributed by atoms with Crippen molar-refractivity contribution in [2.75, 3.05) is 50.5 Å². The SMILES string of the molecule is C=C(Nc1cc2cc(/C(C=N)=C/NC)ccc2cn1)c1cccc(N2CCN(C)CC2)c1. The van der Waals surface area contributed by atoms with Crippen LogP contribution in [0.2, 0.25) is 0 Å². The first-order valence-electron chi connectivity index (χ1n) is 10.9. The standard InChI is InChI=1S/C26H30N6/c1-19(20-5-4-6-25(14-20)32-11-9-31(3)10-12-32)30-26-15-23-13-21(24(16-27)17-28-2)7-8-22(23)18-29-26/h4-8,13-18,27-28H,1,9-12H2,2-3H3,(H,29,30)/b24-17+,27-16?. The smallest absolute Gasteiger partial charge is 0.130 e. The molecule has 3 aromatic rings. The lowest BCUT2D eigenvalue weighted by Gasteiger charge is -2.34. The van der Waals surface area contributed by atoms with Crippen molar-refractivity contribution in [2.45, 2.75) is 0 Å². The molecule has 0 atom stereocenters. The number of aromatic nitrogens is 1. The van der Waals surface area contributed by atoms with Gasteiger partial charge in [0.25, 0.3) is 0 Å². The number of fused-ring (bicyclic) bond motifs is 1. The van der Waals surface area contributed by atoms with Crippen LogP contribution in [0.3, 0.4) is 0 Å². The molecule has 0 amide bonds. The molecule has 0 bridgehead atoms. The maximum absolute atomic E-state index is 7.66. The third kappa shape index (κ3) is 4.81. The Hall–Kier alpha value is -3.64. The van der Waals surface area contributed by atoms with E-state index >= 15 is 0 Å². The molecule has 0 aliphatic carbocycles. The van der Waals surface area contributed by atoms with Crippen LogP contribution in [-0.4, -0.2) is 56.4 Å². The van der Waals surface area contributed by atoms with Crippen LogP contribution in [0.4, 0.5) is 11.5 Å². The minimum atomic E-state index is 0.749. The topological polar surface area (TPSA) is 67.3 Å². The molecular formula is C26H30N6. The normalized spacial score (nSPS) is 14.9. The monoisotopic (exact) mass is 426 g/mol. The number of likely N-dealkylation sites (N-methyl/N-ethyl adjacent to an activating group) is 1. The van der Waals surface area contributed by atoms with E-state index in [4.69, 9.17) is 5.41 Å². The second-order valence-corrected chi connectivity index (χ2v) is 8.11. The van der Waals surface area contributed by atoms with Gasteiger partial charge < -0.3 is 25.8 Å². The molecule has 0 spiro atoms. The second kappa shape index (κ2) is 9.66. The maximum atomic E-state index is 7.66. The van der Waals surface area contributed by atoms with Gasteiger partial charge in [0.05, 0.1) is 0 Å². The van der Waals surface area contributed by atoms with E-state index < -0.39 is 0 Å². The van der Waals surface area contributed by atoms with Crippen molar-refractivity contribution < 1.29 is 0 Å². The minimum Gasteiger partial charge on any atom is -0.393 e. The lowest BCUT2D eigenvalue weighted by molar-refractivity contribution is 0.313. The summed E-state index contributed by atoms with van der Waals surface area (Å²) in [4.78, 5) is 9.35. The fraction of sp³-hybridized carbons (Fsp3) is 0.231. The fourth-order valence-electron chi connectivity index (χ4n) is 3.93. The highest BCUT2D eigenvalue weighted by molar-refractivity contribution is 6.09. The molecule has 0 unspecified atom stereocenters. The summed E-state index contributed by atoms with van der Waals surface area (Å²) >= 11 is 0. The van der Waals surface area contributed by atoms with Gasteiger partial charge in [0, 0.05) is 74.2 Å². The van der Waals surface area contributed by atoms with Gasteiger partial charge >= 0.3 is 0 Å². The highest BCUT2D eigenvalue weighted by Gasteiger charge is 2.15.